The van der Waals surface area contributed by atoms with Crippen LogP contribution in [0, 0.1) is 0 Å². The van der Waals surface area contributed by atoms with Crippen LogP contribution in [-0.2, 0) is 12.7 Å². The minimum absolute atomic E-state index is 0.392. The van der Waals surface area contributed by atoms with Crippen LogP contribution in [0.25, 0.3) is 0 Å². The molecule has 0 aliphatic carbocycles. The summed E-state index contributed by atoms with van der Waals surface area (Å²) in [4.78, 5) is 4.37. The average molecular weight is 288 g/mol. The molecule has 3 nitrogen and oxygen atoms in total. The minimum atomic E-state index is -4.52. The van der Waals surface area contributed by atoms with Gasteiger partial charge in [-0.05, 0) is 31.7 Å². The number of phenolic OH excluding ortho intramolecular Hbond substituents is 1. The molecule has 0 saturated carbocycles. The number of benzene rings is 1. The molecule has 1 aromatic rings. The number of rotatable bonds is 2. The maximum absolute atomic E-state index is 12.7. The van der Waals surface area contributed by atoms with Gasteiger partial charge in [-0.2, -0.15) is 13.2 Å². The Labute approximate surface area is 116 Å². The van der Waals surface area contributed by atoms with Crippen molar-refractivity contribution >= 4 is 0 Å². The van der Waals surface area contributed by atoms with Crippen molar-refractivity contribution in [3.63, 3.8) is 0 Å². The molecular weight excluding hydrogens is 269 g/mol. The molecule has 1 atom stereocenters. The lowest BCUT2D eigenvalue weighted by atomic mass is 10.1. The maximum Gasteiger partial charge on any atom is 0.419 e. The zero-order valence-electron chi connectivity index (χ0n) is 11.6. The van der Waals surface area contributed by atoms with Crippen LogP contribution in [0.1, 0.15) is 18.1 Å². The SMILES string of the molecule is CC1CN(Cc2ccc(O)c(C(F)(F)F)c2)CCN1C. The highest BCUT2D eigenvalue weighted by molar-refractivity contribution is 5.38. The van der Waals surface area contributed by atoms with Crippen molar-refractivity contribution in [1.29, 1.82) is 0 Å². The van der Waals surface area contributed by atoms with Gasteiger partial charge in [0.2, 0.25) is 0 Å². The van der Waals surface area contributed by atoms with Gasteiger partial charge in [0.15, 0.2) is 0 Å². The fraction of sp³-hybridized carbons (Fsp3) is 0.571. The first-order valence-corrected chi connectivity index (χ1v) is 6.59. The Bertz CT molecular complexity index is 476. The van der Waals surface area contributed by atoms with Crippen molar-refractivity contribution in [1.82, 2.24) is 9.80 Å². The molecule has 0 spiro atoms. The summed E-state index contributed by atoms with van der Waals surface area (Å²) in [5, 5.41) is 9.31. The van der Waals surface area contributed by atoms with E-state index in [1.807, 2.05) is 7.05 Å². The summed E-state index contributed by atoms with van der Waals surface area (Å²) in [6, 6.07) is 4.10. The number of halogens is 3. The second-order valence-electron chi connectivity index (χ2n) is 5.41. The largest absolute Gasteiger partial charge is 0.507 e. The highest BCUT2D eigenvalue weighted by atomic mass is 19.4. The van der Waals surface area contributed by atoms with Gasteiger partial charge >= 0.3 is 6.18 Å². The maximum atomic E-state index is 12.7. The van der Waals surface area contributed by atoms with Crippen molar-refractivity contribution in [2.24, 2.45) is 0 Å². The predicted octanol–water partition coefficient (Wildman–Crippen LogP) is 2.55. The summed E-state index contributed by atoms with van der Waals surface area (Å²) in [6.07, 6.45) is -4.52. The fourth-order valence-electron chi connectivity index (χ4n) is 2.43. The lowest BCUT2D eigenvalue weighted by Gasteiger charge is -2.37. The van der Waals surface area contributed by atoms with E-state index in [4.69, 9.17) is 0 Å². The quantitative estimate of drug-likeness (QED) is 0.906. The van der Waals surface area contributed by atoms with Crippen molar-refractivity contribution in [2.75, 3.05) is 26.7 Å². The topological polar surface area (TPSA) is 26.7 Å². The Morgan fingerprint density at radius 3 is 2.60 bits per heavy atom. The van der Waals surface area contributed by atoms with Crippen LogP contribution in [0.5, 0.6) is 5.75 Å². The number of nitrogens with zero attached hydrogens (tertiary/aromatic N) is 2. The van der Waals surface area contributed by atoms with Gasteiger partial charge in [0.25, 0.3) is 0 Å². The second-order valence-corrected chi connectivity index (χ2v) is 5.41. The molecule has 1 saturated heterocycles. The summed E-state index contributed by atoms with van der Waals surface area (Å²) in [5.74, 6) is -0.715. The first kappa shape index (κ1) is 15.1. The van der Waals surface area contributed by atoms with E-state index in [1.54, 1.807) is 6.07 Å². The molecule has 0 amide bonds. The summed E-state index contributed by atoms with van der Waals surface area (Å²) < 4.78 is 38.2. The molecule has 1 N–H and O–H groups in total. The van der Waals surface area contributed by atoms with Gasteiger partial charge in [0, 0.05) is 32.2 Å². The van der Waals surface area contributed by atoms with Crippen molar-refractivity contribution < 1.29 is 18.3 Å². The molecule has 0 radical (unpaired) electrons. The average Bonchev–Trinajstić information content (AvgIpc) is 2.35. The molecule has 1 unspecified atom stereocenters. The standard InChI is InChI=1S/C14H19F3N2O/c1-10-8-19(6-5-18(10)2)9-11-3-4-13(20)12(7-11)14(15,16)17/h3-4,7,10,20H,5-6,8-9H2,1-2H3. The molecule has 112 valence electrons. The van der Waals surface area contributed by atoms with Gasteiger partial charge < -0.3 is 10.0 Å². The smallest absolute Gasteiger partial charge is 0.419 e. The van der Waals surface area contributed by atoms with Crippen LogP contribution < -0.4 is 0 Å². The number of alkyl halides is 3. The number of phenols is 1. The lowest BCUT2D eigenvalue weighted by Crippen LogP contribution is -2.49. The van der Waals surface area contributed by atoms with E-state index < -0.39 is 17.5 Å². The highest BCUT2D eigenvalue weighted by Gasteiger charge is 2.34. The molecule has 0 bridgehead atoms. The zero-order valence-corrected chi connectivity index (χ0v) is 11.6. The Morgan fingerprint density at radius 2 is 2.00 bits per heavy atom. The molecule has 1 aromatic carbocycles. The lowest BCUT2D eigenvalue weighted by molar-refractivity contribution is -0.138. The molecular formula is C14H19F3N2O. The van der Waals surface area contributed by atoms with Crippen molar-refractivity contribution in [3.05, 3.63) is 29.3 Å². The summed E-state index contributed by atoms with van der Waals surface area (Å²) in [6.45, 7) is 5.15. The third-order valence-corrected chi connectivity index (χ3v) is 3.82. The second kappa shape index (κ2) is 5.61. The number of aromatic hydroxyl groups is 1. The van der Waals surface area contributed by atoms with Gasteiger partial charge in [-0.25, -0.2) is 0 Å². The third-order valence-electron chi connectivity index (χ3n) is 3.82. The molecule has 20 heavy (non-hydrogen) atoms. The van der Waals surface area contributed by atoms with Gasteiger partial charge in [-0.3, -0.25) is 4.90 Å². The van der Waals surface area contributed by atoms with Crippen LogP contribution in [0.15, 0.2) is 18.2 Å². The van der Waals surface area contributed by atoms with Crippen LogP contribution in [-0.4, -0.2) is 47.6 Å². The molecule has 2 rings (SSSR count). The Balaban J connectivity index is 2.11. The van der Waals surface area contributed by atoms with Crippen LogP contribution in [0.3, 0.4) is 0 Å². The number of likely N-dealkylation sites (N-methyl/N-ethyl adjacent to an activating group) is 1. The van der Waals surface area contributed by atoms with Crippen LogP contribution in [0.2, 0.25) is 0 Å². The number of piperazine rings is 1. The van der Waals surface area contributed by atoms with Crippen LogP contribution >= 0.6 is 0 Å². The van der Waals surface area contributed by atoms with Gasteiger partial charge in [-0.1, -0.05) is 6.07 Å². The fourth-order valence-corrected chi connectivity index (χ4v) is 2.43. The molecule has 1 aliphatic heterocycles. The van der Waals surface area contributed by atoms with Gasteiger partial charge in [-0.15, -0.1) is 0 Å². The monoisotopic (exact) mass is 288 g/mol. The Morgan fingerprint density at radius 1 is 1.30 bits per heavy atom. The van der Waals surface area contributed by atoms with E-state index in [-0.39, 0.29) is 0 Å². The van der Waals surface area contributed by atoms with E-state index in [9.17, 15) is 18.3 Å². The van der Waals surface area contributed by atoms with Gasteiger partial charge in [0.1, 0.15) is 5.75 Å². The van der Waals surface area contributed by atoms with Gasteiger partial charge in [0.05, 0.1) is 5.56 Å². The van der Waals surface area contributed by atoms with Crippen molar-refractivity contribution in [2.45, 2.75) is 25.7 Å². The first-order chi connectivity index (χ1) is 9.27. The van der Waals surface area contributed by atoms with E-state index in [0.29, 0.717) is 18.2 Å². The van der Waals surface area contributed by atoms with E-state index in [0.717, 1.165) is 31.8 Å². The summed E-state index contributed by atoms with van der Waals surface area (Å²) in [5.41, 5.74) is -0.385. The van der Waals surface area contributed by atoms with E-state index in [2.05, 4.69) is 16.7 Å². The predicted molar refractivity (Wildman–Crippen MR) is 70.5 cm³/mol. The van der Waals surface area contributed by atoms with Crippen LogP contribution in [0.4, 0.5) is 13.2 Å². The molecule has 1 aliphatic rings. The van der Waals surface area contributed by atoms with E-state index in [1.165, 1.54) is 0 Å². The molecule has 0 aromatic heterocycles. The minimum Gasteiger partial charge on any atom is -0.507 e. The summed E-state index contributed by atoms with van der Waals surface area (Å²) in [7, 11) is 2.05. The summed E-state index contributed by atoms with van der Waals surface area (Å²) >= 11 is 0. The zero-order chi connectivity index (χ0) is 14.9. The van der Waals surface area contributed by atoms with Crippen molar-refractivity contribution in [3.8, 4) is 5.75 Å². The normalized spacial score (nSPS) is 22.1. The van der Waals surface area contributed by atoms with E-state index >= 15 is 0 Å². The molecule has 6 heteroatoms. The first-order valence-electron chi connectivity index (χ1n) is 6.59. The Hall–Kier alpha value is -1.27. The number of hydrogen-bond acceptors (Lipinski definition) is 3. The molecule has 1 fully saturated rings. The Kier molecular flexibility index (Phi) is 4.25. The number of hydrogen-bond donors (Lipinski definition) is 1. The third kappa shape index (κ3) is 3.43. The molecule has 1 heterocycles. The highest BCUT2D eigenvalue weighted by Crippen LogP contribution is 2.36.